The van der Waals surface area contributed by atoms with Crippen LogP contribution in [0.1, 0.15) is 52.9 Å². The summed E-state index contributed by atoms with van der Waals surface area (Å²) < 4.78 is 0. The lowest BCUT2D eigenvalue weighted by atomic mass is 9.97. The first-order chi connectivity index (χ1) is 8.56. The van der Waals surface area contributed by atoms with Gasteiger partial charge < -0.3 is 11.1 Å². The molecule has 18 heavy (non-hydrogen) atoms. The van der Waals surface area contributed by atoms with Crippen molar-refractivity contribution in [2.45, 2.75) is 71.0 Å². The summed E-state index contributed by atoms with van der Waals surface area (Å²) in [5, 5.41) is 3.24. The molecule has 1 unspecified atom stereocenters. The second-order valence-electron chi connectivity index (χ2n) is 5.56. The van der Waals surface area contributed by atoms with Crippen LogP contribution in [0.5, 0.6) is 0 Å². The Morgan fingerprint density at radius 1 is 1.39 bits per heavy atom. The predicted molar refractivity (Wildman–Crippen MR) is 75.4 cm³/mol. The van der Waals surface area contributed by atoms with Gasteiger partial charge in [0.25, 0.3) is 0 Å². The second-order valence-corrected chi connectivity index (χ2v) is 5.56. The Hall–Kier alpha value is -0.610. The molecular weight excluding hydrogens is 226 g/mol. The zero-order valence-electron chi connectivity index (χ0n) is 12.1. The van der Waals surface area contributed by atoms with E-state index in [0.717, 1.165) is 25.9 Å². The van der Waals surface area contributed by atoms with Crippen molar-refractivity contribution >= 4 is 5.91 Å². The summed E-state index contributed by atoms with van der Waals surface area (Å²) in [6, 6.07) is 1.09. The number of primary amides is 1. The van der Waals surface area contributed by atoms with E-state index in [4.69, 9.17) is 5.73 Å². The molecule has 0 aliphatic carbocycles. The van der Waals surface area contributed by atoms with Crippen LogP contribution in [0.15, 0.2) is 0 Å². The minimum Gasteiger partial charge on any atom is -0.368 e. The Labute approximate surface area is 111 Å². The fraction of sp³-hybridized carbons (Fsp3) is 0.929. The van der Waals surface area contributed by atoms with Gasteiger partial charge in [-0.05, 0) is 46.1 Å². The zero-order chi connectivity index (χ0) is 13.5. The molecule has 1 amide bonds. The van der Waals surface area contributed by atoms with E-state index in [2.05, 4.69) is 31.0 Å². The highest BCUT2D eigenvalue weighted by Crippen LogP contribution is 2.22. The van der Waals surface area contributed by atoms with Crippen molar-refractivity contribution in [3.05, 3.63) is 0 Å². The number of nitrogens with zero attached hydrogens (tertiary/aromatic N) is 1. The van der Waals surface area contributed by atoms with Gasteiger partial charge in [0.15, 0.2) is 0 Å². The molecule has 0 bridgehead atoms. The molecular formula is C14H29N3O. The van der Waals surface area contributed by atoms with Crippen molar-refractivity contribution in [3.63, 3.8) is 0 Å². The number of hydrogen-bond acceptors (Lipinski definition) is 3. The summed E-state index contributed by atoms with van der Waals surface area (Å²) in [6.45, 7) is 8.49. The van der Waals surface area contributed by atoms with Crippen molar-refractivity contribution in [3.8, 4) is 0 Å². The Morgan fingerprint density at radius 3 is 2.50 bits per heavy atom. The van der Waals surface area contributed by atoms with E-state index >= 15 is 0 Å². The molecule has 106 valence electrons. The number of amides is 1. The first-order valence-electron chi connectivity index (χ1n) is 7.34. The molecule has 0 aromatic carbocycles. The summed E-state index contributed by atoms with van der Waals surface area (Å²) in [5.74, 6) is -0.222. The van der Waals surface area contributed by atoms with Gasteiger partial charge in [-0.15, -0.1) is 0 Å². The fourth-order valence-corrected chi connectivity index (χ4v) is 2.86. The van der Waals surface area contributed by atoms with Gasteiger partial charge in [0.05, 0.1) is 6.04 Å². The Balaban J connectivity index is 2.42. The van der Waals surface area contributed by atoms with Gasteiger partial charge in [-0.1, -0.05) is 13.3 Å². The van der Waals surface area contributed by atoms with Gasteiger partial charge in [0, 0.05) is 18.6 Å². The van der Waals surface area contributed by atoms with Gasteiger partial charge in [0.1, 0.15) is 0 Å². The maximum atomic E-state index is 11.4. The van der Waals surface area contributed by atoms with E-state index in [1.807, 2.05) is 0 Å². The van der Waals surface area contributed by atoms with Gasteiger partial charge in [-0.3, -0.25) is 9.69 Å². The SMILES string of the molecule is CCCNC(CCN1[C@H](C)CCC[C@@H]1C)C(N)=O. The van der Waals surface area contributed by atoms with Crippen LogP contribution in [0.3, 0.4) is 0 Å². The van der Waals surface area contributed by atoms with E-state index < -0.39 is 0 Å². The summed E-state index contributed by atoms with van der Waals surface area (Å²) in [6.07, 6.45) is 5.72. The number of nitrogens with one attached hydrogen (secondary N) is 1. The van der Waals surface area contributed by atoms with Crippen LogP contribution in [-0.2, 0) is 4.79 Å². The summed E-state index contributed by atoms with van der Waals surface area (Å²) in [4.78, 5) is 13.9. The van der Waals surface area contributed by atoms with Crippen LogP contribution in [0, 0.1) is 0 Å². The van der Waals surface area contributed by atoms with Crippen LogP contribution < -0.4 is 11.1 Å². The third-order valence-corrected chi connectivity index (χ3v) is 4.04. The summed E-state index contributed by atoms with van der Waals surface area (Å²) in [5.41, 5.74) is 5.44. The second kappa shape index (κ2) is 7.74. The van der Waals surface area contributed by atoms with Gasteiger partial charge >= 0.3 is 0 Å². The highest BCUT2D eigenvalue weighted by atomic mass is 16.1. The molecule has 4 heteroatoms. The molecule has 1 aliphatic heterocycles. The molecule has 0 saturated carbocycles. The van der Waals surface area contributed by atoms with Gasteiger partial charge in [0.2, 0.25) is 5.91 Å². The van der Waals surface area contributed by atoms with E-state index in [0.29, 0.717) is 12.1 Å². The van der Waals surface area contributed by atoms with Crippen LogP contribution in [0.4, 0.5) is 0 Å². The molecule has 1 fully saturated rings. The number of piperidine rings is 1. The van der Waals surface area contributed by atoms with Crippen molar-refractivity contribution in [2.24, 2.45) is 5.73 Å². The monoisotopic (exact) mass is 255 g/mol. The number of carbonyl (C=O) groups is 1. The smallest absolute Gasteiger partial charge is 0.234 e. The Kier molecular flexibility index (Phi) is 6.65. The Morgan fingerprint density at radius 2 is 2.00 bits per heavy atom. The molecule has 1 heterocycles. The van der Waals surface area contributed by atoms with Crippen LogP contribution >= 0.6 is 0 Å². The highest BCUT2D eigenvalue weighted by molar-refractivity contribution is 5.79. The quantitative estimate of drug-likeness (QED) is 0.724. The molecule has 4 nitrogen and oxygen atoms in total. The molecule has 1 rings (SSSR count). The number of rotatable bonds is 7. The van der Waals surface area contributed by atoms with Crippen molar-refractivity contribution in [2.75, 3.05) is 13.1 Å². The molecule has 0 radical (unpaired) electrons. The number of nitrogens with two attached hydrogens (primary N) is 1. The fourth-order valence-electron chi connectivity index (χ4n) is 2.86. The van der Waals surface area contributed by atoms with Crippen LogP contribution in [0.2, 0.25) is 0 Å². The van der Waals surface area contributed by atoms with E-state index in [-0.39, 0.29) is 11.9 Å². The maximum absolute atomic E-state index is 11.4. The molecule has 0 aromatic rings. The first kappa shape index (κ1) is 15.4. The van der Waals surface area contributed by atoms with Crippen LogP contribution in [0.25, 0.3) is 0 Å². The summed E-state index contributed by atoms with van der Waals surface area (Å²) in [7, 11) is 0. The third kappa shape index (κ3) is 4.58. The minimum atomic E-state index is -0.222. The van der Waals surface area contributed by atoms with Crippen molar-refractivity contribution in [1.29, 1.82) is 0 Å². The number of carbonyl (C=O) groups excluding carboxylic acids is 1. The molecule has 3 N–H and O–H groups in total. The molecule has 0 spiro atoms. The zero-order valence-corrected chi connectivity index (χ0v) is 12.1. The normalized spacial score (nSPS) is 27.1. The summed E-state index contributed by atoms with van der Waals surface area (Å²) >= 11 is 0. The number of likely N-dealkylation sites (tertiary alicyclic amines) is 1. The van der Waals surface area contributed by atoms with Crippen LogP contribution in [-0.4, -0.2) is 42.0 Å². The molecule has 1 saturated heterocycles. The third-order valence-electron chi connectivity index (χ3n) is 4.04. The maximum Gasteiger partial charge on any atom is 0.234 e. The molecule has 3 atom stereocenters. The van der Waals surface area contributed by atoms with Crippen molar-refractivity contribution in [1.82, 2.24) is 10.2 Å². The predicted octanol–water partition coefficient (Wildman–Crippen LogP) is 1.49. The largest absolute Gasteiger partial charge is 0.368 e. The highest BCUT2D eigenvalue weighted by Gasteiger charge is 2.25. The van der Waals surface area contributed by atoms with Crippen molar-refractivity contribution < 1.29 is 4.79 Å². The van der Waals surface area contributed by atoms with Gasteiger partial charge in [-0.25, -0.2) is 0 Å². The topological polar surface area (TPSA) is 58.4 Å². The van der Waals surface area contributed by atoms with Gasteiger partial charge in [-0.2, -0.15) is 0 Å². The average molecular weight is 255 g/mol. The standard InChI is InChI=1S/C14H29N3O/c1-4-9-16-13(14(15)18)8-10-17-11(2)6-5-7-12(17)3/h11-13,16H,4-10H2,1-3H3,(H2,15,18)/t11-,12+,13?. The number of hydrogen-bond donors (Lipinski definition) is 2. The van der Waals surface area contributed by atoms with E-state index in [1.54, 1.807) is 0 Å². The lowest BCUT2D eigenvalue weighted by Gasteiger charge is -2.39. The average Bonchev–Trinajstić information content (AvgIpc) is 2.31. The Bertz CT molecular complexity index is 247. The molecule has 0 aromatic heterocycles. The first-order valence-corrected chi connectivity index (χ1v) is 7.34. The lowest BCUT2D eigenvalue weighted by molar-refractivity contribution is -0.120. The lowest BCUT2D eigenvalue weighted by Crippen LogP contribution is -2.48. The van der Waals surface area contributed by atoms with E-state index in [1.165, 1.54) is 19.3 Å². The molecule has 1 aliphatic rings. The minimum absolute atomic E-state index is 0.175. The van der Waals surface area contributed by atoms with E-state index in [9.17, 15) is 4.79 Å².